The second-order valence-corrected chi connectivity index (χ2v) is 3.81. The lowest BCUT2D eigenvalue weighted by atomic mass is 10.2. The zero-order valence-corrected chi connectivity index (χ0v) is 9.02. The van der Waals surface area contributed by atoms with E-state index in [9.17, 15) is 9.90 Å². The van der Waals surface area contributed by atoms with Crippen LogP contribution in [0.15, 0.2) is 17.1 Å². The molecule has 0 aliphatic carbocycles. The lowest BCUT2D eigenvalue weighted by Crippen LogP contribution is -2.29. The maximum Gasteiger partial charge on any atom is 0.351 e. The van der Waals surface area contributed by atoms with Crippen LogP contribution in [0.25, 0.3) is 0 Å². The number of aliphatic hydroxyl groups excluding tert-OH is 1. The van der Waals surface area contributed by atoms with Crippen LogP contribution in [-0.4, -0.2) is 33.5 Å². The molecular formula is C9H14N4O4. The third-order valence-corrected chi connectivity index (χ3v) is 2.63. The van der Waals surface area contributed by atoms with Crippen molar-refractivity contribution in [1.29, 1.82) is 0 Å². The molecule has 1 aromatic heterocycles. The number of nitrogens with zero attached hydrogens (tertiary/aromatic N) is 2. The number of ether oxygens (including phenoxy) is 1. The van der Waals surface area contributed by atoms with Crippen molar-refractivity contribution in [1.82, 2.24) is 9.55 Å². The second kappa shape index (κ2) is 4.80. The third-order valence-electron chi connectivity index (χ3n) is 2.63. The molecule has 8 heteroatoms. The van der Waals surface area contributed by atoms with Crippen molar-refractivity contribution in [3.05, 3.63) is 22.7 Å². The minimum Gasteiger partial charge on any atom is -0.390 e. The average molecular weight is 242 g/mol. The summed E-state index contributed by atoms with van der Waals surface area (Å²) in [6, 6.07) is 1.49. The van der Waals surface area contributed by atoms with Gasteiger partial charge in [-0.3, -0.25) is 4.57 Å². The Morgan fingerprint density at radius 1 is 1.71 bits per heavy atom. The van der Waals surface area contributed by atoms with E-state index >= 15 is 0 Å². The van der Waals surface area contributed by atoms with Crippen LogP contribution >= 0.6 is 0 Å². The predicted molar refractivity (Wildman–Crippen MR) is 57.6 cm³/mol. The smallest absolute Gasteiger partial charge is 0.351 e. The topological polar surface area (TPSA) is 126 Å². The summed E-state index contributed by atoms with van der Waals surface area (Å²) in [5.74, 6) is 5.06. The van der Waals surface area contributed by atoms with E-state index in [2.05, 4.69) is 9.82 Å². The summed E-state index contributed by atoms with van der Waals surface area (Å²) < 4.78 is 6.72. The SMILES string of the molecule is NOC[C@H]1O[C@@H](n2ccc(N)nc2=O)C[C@@H]1O. The fourth-order valence-electron chi connectivity index (χ4n) is 1.78. The molecule has 3 atom stereocenters. The molecule has 0 unspecified atom stereocenters. The normalized spacial score (nSPS) is 28.5. The van der Waals surface area contributed by atoms with Gasteiger partial charge < -0.3 is 20.4 Å². The third kappa shape index (κ3) is 2.44. The van der Waals surface area contributed by atoms with Crippen LogP contribution in [0.1, 0.15) is 12.6 Å². The van der Waals surface area contributed by atoms with Crippen molar-refractivity contribution in [2.75, 3.05) is 12.3 Å². The Balaban J connectivity index is 2.17. The molecule has 1 fully saturated rings. The van der Waals surface area contributed by atoms with Gasteiger partial charge in [-0.05, 0) is 6.07 Å². The number of aliphatic hydroxyl groups is 1. The molecule has 0 amide bonds. The first-order valence-corrected chi connectivity index (χ1v) is 5.11. The molecule has 1 aromatic rings. The van der Waals surface area contributed by atoms with Crippen LogP contribution in [0.3, 0.4) is 0 Å². The zero-order valence-electron chi connectivity index (χ0n) is 9.02. The minimum atomic E-state index is -0.729. The first kappa shape index (κ1) is 12.0. The van der Waals surface area contributed by atoms with E-state index < -0.39 is 24.1 Å². The Morgan fingerprint density at radius 2 is 2.47 bits per heavy atom. The highest BCUT2D eigenvalue weighted by molar-refractivity contribution is 5.23. The van der Waals surface area contributed by atoms with Crippen molar-refractivity contribution in [2.45, 2.75) is 24.9 Å². The molecule has 94 valence electrons. The van der Waals surface area contributed by atoms with Crippen LogP contribution in [0, 0.1) is 0 Å². The van der Waals surface area contributed by atoms with E-state index in [1.54, 1.807) is 0 Å². The van der Waals surface area contributed by atoms with Gasteiger partial charge in [0, 0.05) is 12.6 Å². The monoisotopic (exact) mass is 242 g/mol. The van der Waals surface area contributed by atoms with Gasteiger partial charge in [-0.15, -0.1) is 0 Å². The summed E-state index contributed by atoms with van der Waals surface area (Å²) in [4.78, 5) is 19.6. The lowest BCUT2D eigenvalue weighted by Gasteiger charge is -2.14. The van der Waals surface area contributed by atoms with Gasteiger partial charge in [0.1, 0.15) is 18.1 Å². The quantitative estimate of drug-likeness (QED) is 0.543. The first-order valence-electron chi connectivity index (χ1n) is 5.11. The van der Waals surface area contributed by atoms with Gasteiger partial charge in [0.05, 0.1) is 12.7 Å². The molecule has 0 bridgehead atoms. The van der Waals surface area contributed by atoms with E-state index in [1.807, 2.05) is 0 Å². The Bertz CT molecular complexity index is 449. The van der Waals surface area contributed by atoms with Crippen molar-refractivity contribution in [3.8, 4) is 0 Å². The molecule has 0 radical (unpaired) electrons. The van der Waals surface area contributed by atoms with Crippen molar-refractivity contribution in [3.63, 3.8) is 0 Å². The average Bonchev–Trinajstić information content (AvgIpc) is 2.60. The molecule has 1 aliphatic heterocycles. The molecule has 1 aliphatic rings. The number of hydrogen-bond donors (Lipinski definition) is 3. The number of anilines is 1. The molecule has 0 spiro atoms. The van der Waals surface area contributed by atoms with Crippen LogP contribution in [-0.2, 0) is 9.57 Å². The van der Waals surface area contributed by atoms with Gasteiger partial charge in [-0.25, -0.2) is 10.7 Å². The fourth-order valence-corrected chi connectivity index (χ4v) is 1.78. The van der Waals surface area contributed by atoms with Gasteiger partial charge in [0.15, 0.2) is 0 Å². The molecule has 1 saturated heterocycles. The Kier molecular flexibility index (Phi) is 3.38. The maximum atomic E-state index is 11.6. The lowest BCUT2D eigenvalue weighted by molar-refractivity contribution is -0.0641. The fraction of sp³-hybridized carbons (Fsp3) is 0.556. The van der Waals surface area contributed by atoms with Crippen LogP contribution < -0.4 is 17.3 Å². The highest BCUT2D eigenvalue weighted by Crippen LogP contribution is 2.27. The maximum absolute atomic E-state index is 11.6. The Labute approximate surface area is 96.7 Å². The van der Waals surface area contributed by atoms with Crippen LogP contribution in [0.2, 0.25) is 0 Å². The van der Waals surface area contributed by atoms with Gasteiger partial charge >= 0.3 is 5.69 Å². The summed E-state index contributed by atoms with van der Waals surface area (Å²) in [7, 11) is 0. The van der Waals surface area contributed by atoms with Gasteiger partial charge in [0.25, 0.3) is 0 Å². The summed E-state index contributed by atoms with van der Waals surface area (Å²) in [6.45, 7) is 0.0643. The number of hydrogen-bond acceptors (Lipinski definition) is 7. The van der Waals surface area contributed by atoms with E-state index in [0.717, 1.165) is 0 Å². The molecule has 0 saturated carbocycles. The number of aromatic nitrogens is 2. The highest BCUT2D eigenvalue weighted by atomic mass is 16.6. The van der Waals surface area contributed by atoms with Crippen molar-refractivity contribution < 1.29 is 14.7 Å². The molecule has 5 N–H and O–H groups in total. The summed E-state index contributed by atoms with van der Waals surface area (Å²) >= 11 is 0. The molecule has 17 heavy (non-hydrogen) atoms. The molecule has 8 nitrogen and oxygen atoms in total. The van der Waals surface area contributed by atoms with Crippen molar-refractivity contribution >= 4 is 5.82 Å². The Morgan fingerprint density at radius 3 is 3.12 bits per heavy atom. The predicted octanol–water partition coefficient (Wildman–Crippen LogP) is -1.64. The number of nitrogen functional groups attached to an aromatic ring is 1. The van der Waals surface area contributed by atoms with Crippen molar-refractivity contribution in [2.24, 2.45) is 5.90 Å². The Hall–Kier alpha value is -1.48. The minimum absolute atomic E-state index is 0.0643. The van der Waals surface area contributed by atoms with E-state index in [1.165, 1.54) is 16.8 Å². The highest BCUT2D eigenvalue weighted by Gasteiger charge is 2.35. The van der Waals surface area contributed by atoms with E-state index in [4.69, 9.17) is 16.4 Å². The summed E-state index contributed by atoms with van der Waals surface area (Å²) in [5.41, 5.74) is 4.86. The van der Waals surface area contributed by atoms with Crippen LogP contribution in [0.4, 0.5) is 5.82 Å². The number of rotatable bonds is 3. The molecule has 0 aromatic carbocycles. The molecule has 2 heterocycles. The van der Waals surface area contributed by atoms with E-state index in [0.29, 0.717) is 0 Å². The number of nitrogens with two attached hydrogens (primary N) is 2. The molecule has 2 rings (SSSR count). The van der Waals surface area contributed by atoms with Gasteiger partial charge in [-0.2, -0.15) is 4.98 Å². The van der Waals surface area contributed by atoms with Gasteiger partial charge in [0.2, 0.25) is 0 Å². The first-order chi connectivity index (χ1) is 8.11. The van der Waals surface area contributed by atoms with Crippen LogP contribution in [0.5, 0.6) is 0 Å². The zero-order chi connectivity index (χ0) is 12.4. The van der Waals surface area contributed by atoms with E-state index in [-0.39, 0.29) is 18.8 Å². The summed E-state index contributed by atoms with van der Waals surface area (Å²) in [5, 5.41) is 9.68. The second-order valence-electron chi connectivity index (χ2n) is 3.81. The van der Waals surface area contributed by atoms with Gasteiger partial charge in [-0.1, -0.05) is 0 Å². The summed E-state index contributed by atoms with van der Waals surface area (Å²) in [6.07, 6.45) is -0.0963. The standard InChI is InChI=1S/C9H14N4O4/c10-7-1-2-13(9(15)12-7)8-3-5(14)6(17-8)4-16-11/h1-2,5-6,8,14H,3-4,11H2,(H2,10,12,15)/t5-,6+,8+/m0/s1. The molecular weight excluding hydrogens is 228 g/mol. The largest absolute Gasteiger partial charge is 0.390 e.